The van der Waals surface area contributed by atoms with Crippen LogP contribution in [0.25, 0.3) is 0 Å². The Labute approximate surface area is 263 Å². The van der Waals surface area contributed by atoms with E-state index in [1.54, 1.807) is 12.3 Å². The maximum Gasteiger partial charge on any atom is 0.268 e. The van der Waals surface area contributed by atoms with E-state index in [0.717, 1.165) is 56.6 Å². The van der Waals surface area contributed by atoms with E-state index < -0.39 is 41.0 Å². The van der Waals surface area contributed by atoms with Crippen molar-refractivity contribution in [3.05, 3.63) is 88.3 Å². The SMILES string of the molecule is O=C(NCc1cc(F)cc(Cl)c1)[C@@]1(O)CCN(c2ccc(N3CCN(C4CC[C@@H](c5cc(F)ccc5F)OC4)CC3)nc2)C1=O. The number of aliphatic hydroxyl groups is 1. The summed E-state index contributed by atoms with van der Waals surface area (Å²) in [7, 11) is 0. The van der Waals surface area contributed by atoms with Gasteiger partial charge in [0, 0.05) is 62.3 Å². The fraction of sp³-hybridized carbons (Fsp3) is 0.406. The minimum Gasteiger partial charge on any atom is -0.372 e. The molecule has 13 heteroatoms. The molecule has 3 saturated heterocycles. The zero-order valence-electron chi connectivity index (χ0n) is 24.4. The highest BCUT2D eigenvalue weighted by atomic mass is 35.5. The number of halogens is 4. The van der Waals surface area contributed by atoms with Crippen LogP contribution in [0, 0.1) is 17.5 Å². The molecule has 3 atom stereocenters. The first-order valence-corrected chi connectivity index (χ1v) is 15.3. The number of carbonyl (C=O) groups excluding carboxylic acids is 2. The van der Waals surface area contributed by atoms with Crippen molar-refractivity contribution in [2.24, 2.45) is 0 Å². The minimum atomic E-state index is -2.25. The van der Waals surface area contributed by atoms with E-state index in [1.165, 1.54) is 23.1 Å². The Morgan fingerprint density at radius 1 is 1.02 bits per heavy atom. The highest BCUT2D eigenvalue weighted by molar-refractivity contribution is 6.30. The molecule has 45 heavy (non-hydrogen) atoms. The number of anilines is 2. The summed E-state index contributed by atoms with van der Waals surface area (Å²) in [6, 6.07) is 11.0. The molecule has 3 aliphatic heterocycles. The maximum atomic E-state index is 14.2. The second-order valence-electron chi connectivity index (χ2n) is 11.6. The molecule has 4 heterocycles. The van der Waals surface area contributed by atoms with Crippen molar-refractivity contribution in [2.45, 2.75) is 43.6 Å². The summed E-state index contributed by atoms with van der Waals surface area (Å²) in [5, 5.41) is 13.6. The predicted molar refractivity (Wildman–Crippen MR) is 161 cm³/mol. The van der Waals surface area contributed by atoms with Gasteiger partial charge in [-0.15, -0.1) is 0 Å². The molecule has 6 rings (SSSR count). The first kappa shape index (κ1) is 31.3. The lowest BCUT2D eigenvalue weighted by Crippen LogP contribution is -2.53. The molecule has 1 unspecified atom stereocenters. The topological polar surface area (TPSA) is 98.2 Å². The van der Waals surface area contributed by atoms with Crippen LogP contribution in [0.1, 0.15) is 36.5 Å². The summed E-state index contributed by atoms with van der Waals surface area (Å²) < 4.78 is 47.4. The van der Waals surface area contributed by atoms with Crippen molar-refractivity contribution in [3.8, 4) is 0 Å². The molecular weight excluding hydrogens is 611 g/mol. The van der Waals surface area contributed by atoms with Crippen LogP contribution in [-0.4, -0.2) is 77.8 Å². The first-order chi connectivity index (χ1) is 21.6. The lowest BCUT2D eigenvalue weighted by Gasteiger charge is -2.42. The highest BCUT2D eigenvalue weighted by Crippen LogP contribution is 2.33. The van der Waals surface area contributed by atoms with Crippen LogP contribution >= 0.6 is 11.6 Å². The number of pyridine rings is 1. The van der Waals surface area contributed by atoms with Crippen LogP contribution in [0.5, 0.6) is 0 Å². The minimum absolute atomic E-state index is 0.0986. The van der Waals surface area contributed by atoms with Gasteiger partial charge in [-0.1, -0.05) is 11.6 Å². The molecular formula is C32H33ClF3N5O4. The number of hydrogen-bond acceptors (Lipinski definition) is 7. The molecule has 0 aliphatic carbocycles. The van der Waals surface area contributed by atoms with Crippen molar-refractivity contribution >= 4 is 34.9 Å². The number of piperazine rings is 1. The van der Waals surface area contributed by atoms with Gasteiger partial charge in [0.25, 0.3) is 11.8 Å². The monoisotopic (exact) mass is 643 g/mol. The van der Waals surface area contributed by atoms with Crippen molar-refractivity contribution in [3.63, 3.8) is 0 Å². The molecule has 2 amide bonds. The number of benzene rings is 2. The quantitative estimate of drug-likeness (QED) is 0.376. The number of amides is 2. The lowest BCUT2D eigenvalue weighted by atomic mass is 9.97. The van der Waals surface area contributed by atoms with Crippen LogP contribution < -0.4 is 15.1 Å². The highest BCUT2D eigenvalue weighted by Gasteiger charge is 2.51. The van der Waals surface area contributed by atoms with Gasteiger partial charge in [-0.25, -0.2) is 18.2 Å². The molecule has 2 N–H and O–H groups in total. The van der Waals surface area contributed by atoms with Gasteiger partial charge in [-0.3, -0.25) is 14.5 Å². The zero-order chi connectivity index (χ0) is 31.7. The van der Waals surface area contributed by atoms with Gasteiger partial charge in [0.2, 0.25) is 5.60 Å². The van der Waals surface area contributed by atoms with Crippen molar-refractivity contribution in [1.29, 1.82) is 0 Å². The molecule has 3 fully saturated rings. The smallest absolute Gasteiger partial charge is 0.268 e. The summed E-state index contributed by atoms with van der Waals surface area (Å²) >= 11 is 5.86. The number of nitrogens with one attached hydrogen (secondary N) is 1. The first-order valence-electron chi connectivity index (χ1n) is 14.9. The van der Waals surface area contributed by atoms with E-state index in [2.05, 4.69) is 20.1 Å². The summed E-state index contributed by atoms with van der Waals surface area (Å²) in [5.41, 5.74) is -1.12. The third kappa shape index (κ3) is 6.64. The molecule has 9 nitrogen and oxygen atoms in total. The third-order valence-corrected chi connectivity index (χ3v) is 9.02. The normalized spacial score (nSPS) is 24.2. The average molecular weight is 644 g/mol. The van der Waals surface area contributed by atoms with Crippen molar-refractivity contribution < 1.29 is 32.6 Å². The van der Waals surface area contributed by atoms with Crippen molar-refractivity contribution in [1.82, 2.24) is 15.2 Å². The Morgan fingerprint density at radius 3 is 2.51 bits per heavy atom. The van der Waals surface area contributed by atoms with Crippen LogP contribution in [0.4, 0.5) is 24.7 Å². The van der Waals surface area contributed by atoms with E-state index in [4.69, 9.17) is 16.3 Å². The summed E-state index contributed by atoms with van der Waals surface area (Å²) in [4.78, 5) is 36.3. The Hall–Kier alpha value is -3.71. The van der Waals surface area contributed by atoms with Crippen molar-refractivity contribution in [2.75, 3.05) is 49.1 Å². The molecule has 2 aromatic carbocycles. The molecule has 0 saturated carbocycles. The van der Waals surface area contributed by atoms with Gasteiger partial charge < -0.3 is 25.0 Å². The maximum absolute atomic E-state index is 14.2. The zero-order valence-corrected chi connectivity index (χ0v) is 25.2. The van der Waals surface area contributed by atoms with Gasteiger partial charge >= 0.3 is 0 Å². The number of nitrogens with zero attached hydrogens (tertiary/aromatic N) is 4. The number of hydrogen-bond donors (Lipinski definition) is 2. The third-order valence-electron chi connectivity index (χ3n) is 8.80. The fourth-order valence-corrected chi connectivity index (χ4v) is 6.52. The van der Waals surface area contributed by atoms with Gasteiger partial charge in [0.1, 0.15) is 23.3 Å². The van der Waals surface area contributed by atoms with Crippen LogP contribution in [0.3, 0.4) is 0 Å². The predicted octanol–water partition coefficient (Wildman–Crippen LogP) is 3.98. The number of carbonyl (C=O) groups is 2. The molecule has 0 bridgehead atoms. The lowest BCUT2D eigenvalue weighted by molar-refractivity contribution is -0.149. The summed E-state index contributed by atoms with van der Waals surface area (Å²) in [6.45, 7) is 3.49. The largest absolute Gasteiger partial charge is 0.372 e. The average Bonchev–Trinajstić information content (AvgIpc) is 3.35. The van der Waals surface area contributed by atoms with E-state index in [-0.39, 0.29) is 36.1 Å². The molecule has 3 aliphatic rings. The molecule has 3 aromatic rings. The van der Waals surface area contributed by atoms with Crippen LogP contribution in [-0.2, 0) is 20.9 Å². The van der Waals surface area contributed by atoms with Gasteiger partial charge in [-0.05, 0) is 66.9 Å². The Kier molecular flexibility index (Phi) is 9.00. The number of aromatic nitrogens is 1. The number of ether oxygens (including phenoxy) is 1. The standard InChI is InChI=1S/C32H33ClF3N5O4/c33-21-13-20(14-23(35)15-21)17-38-30(42)32(44)7-8-41(31(32)43)24-3-6-29(37-18-24)40-11-9-39(10-12-40)25-2-5-28(45-19-25)26-16-22(34)1-4-27(26)36/h1,3-4,6,13-16,18,25,28,44H,2,5,7-12,17,19H2,(H,38,42)/t25?,28-,32-/m0/s1. The van der Waals surface area contributed by atoms with E-state index in [9.17, 15) is 27.9 Å². The Bertz CT molecular complexity index is 1540. The summed E-state index contributed by atoms with van der Waals surface area (Å²) in [5.74, 6) is -2.35. The van der Waals surface area contributed by atoms with Crippen LogP contribution in [0.2, 0.25) is 5.02 Å². The molecule has 0 spiro atoms. The molecule has 0 radical (unpaired) electrons. The van der Waals surface area contributed by atoms with Gasteiger partial charge in [0.15, 0.2) is 0 Å². The molecule has 238 valence electrons. The summed E-state index contributed by atoms with van der Waals surface area (Å²) in [6.07, 6.45) is 2.43. The Morgan fingerprint density at radius 2 is 1.82 bits per heavy atom. The second-order valence-corrected chi connectivity index (χ2v) is 12.1. The fourth-order valence-electron chi connectivity index (χ4n) is 6.28. The second kappa shape index (κ2) is 13.0. The van der Waals surface area contributed by atoms with E-state index >= 15 is 0 Å². The number of rotatable bonds is 7. The van der Waals surface area contributed by atoms with E-state index in [0.29, 0.717) is 24.3 Å². The Balaban J connectivity index is 0.994. The van der Waals surface area contributed by atoms with Crippen LogP contribution in [0.15, 0.2) is 54.7 Å². The van der Waals surface area contributed by atoms with Gasteiger partial charge in [-0.2, -0.15) is 0 Å². The molecule has 1 aromatic heterocycles. The van der Waals surface area contributed by atoms with Gasteiger partial charge in [0.05, 0.1) is 24.6 Å². The van der Waals surface area contributed by atoms with E-state index in [1.807, 2.05) is 6.07 Å².